The van der Waals surface area contributed by atoms with Crippen molar-refractivity contribution in [2.75, 3.05) is 13.7 Å². The third kappa shape index (κ3) is 3.28. The number of ether oxygens (including phenoxy) is 2. The van der Waals surface area contributed by atoms with E-state index in [0.717, 1.165) is 12.0 Å². The predicted octanol–water partition coefficient (Wildman–Crippen LogP) is 2.86. The first kappa shape index (κ1) is 13.9. The van der Waals surface area contributed by atoms with Crippen molar-refractivity contribution in [3.05, 3.63) is 53.6 Å². The molecule has 0 aliphatic carbocycles. The second-order valence-electron chi connectivity index (χ2n) is 4.26. The van der Waals surface area contributed by atoms with E-state index in [1.165, 1.54) is 0 Å². The Hall–Kier alpha value is -2.51. The van der Waals surface area contributed by atoms with Gasteiger partial charge in [0.15, 0.2) is 0 Å². The van der Waals surface area contributed by atoms with E-state index in [1.54, 1.807) is 25.3 Å². The third-order valence-electron chi connectivity index (χ3n) is 2.89. The van der Waals surface area contributed by atoms with Crippen molar-refractivity contribution in [2.24, 2.45) is 5.73 Å². The van der Waals surface area contributed by atoms with Crippen molar-refractivity contribution in [2.45, 2.75) is 6.42 Å². The second kappa shape index (κ2) is 6.60. The van der Waals surface area contributed by atoms with Crippen LogP contribution in [0.2, 0.25) is 0 Å². The molecule has 4 nitrogen and oxygen atoms in total. The third-order valence-corrected chi connectivity index (χ3v) is 2.89. The van der Waals surface area contributed by atoms with Crippen molar-refractivity contribution < 1.29 is 9.47 Å². The zero-order chi connectivity index (χ0) is 14.4. The Labute approximate surface area is 118 Å². The molecular weight excluding hydrogens is 252 g/mol. The molecule has 0 bridgehead atoms. The van der Waals surface area contributed by atoms with Gasteiger partial charge >= 0.3 is 0 Å². The number of hydrogen-bond donors (Lipinski definition) is 1. The van der Waals surface area contributed by atoms with Crippen LogP contribution in [0.1, 0.15) is 11.1 Å². The first-order valence-corrected chi connectivity index (χ1v) is 6.32. The van der Waals surface area contributed by atoms with E-state index in [0.29, 0.717) is 29.4 Å². The van der Waals surface area contributed by atoms with E-state index in [4.69, 9.17) is 20.5 Å². The normalized spacial score (nSPS) is 9.85. The lowest BCUT2D eigenvalue weighted by Crippen LogP contribution is -2.02. The topological polar surface area (TPSA) is 68.3 Å². The Morgan fingerprint density at radius 3 is 2.40 bits per heavy atom. The lowest BCUT2D eigenvalue weighted by Gasteiger charge is -2.09. The number of nitrogens with zero attached hydrogens (tertiary/aromatic N) is 1. The highest BCUT2D eigenvalue weighted by Crippen LogP contribution is 2.29. The summed E-state index contributed by atoms with van der Waals surface area (Å²) in [7, 11) is 1.58. The average molecular weight is 268 g/mol. The summed E-state index contributed by atoms with van der Waals surface area (Å²) in [5.41, 5.74) is 7.14. The molecule has 0 heterocycles. The Morgan fingerprint density at radius 2 is 1.80 bits per heavy atom. The van der Waals surface area contributed by atoms with Gasteiger partial charge in [-0.1, -0.05) is 12.1 Å². The average Bonchev–Trinajstić information content (AvgIpc) is 2.49. The van der Waals surface area contributed by atoms with Crippen LogP contribution in [0.15, 0.2) is 42.5 Å². The van der Waals surface area contributed by atoms with E-state index in [-0.39, 0.29) is 0 Å². The van der Waals surface area contributed by atoms with E-state index in [1.807, 2.05) is 24.3 Å². The molecule has 0 aromatic heterocycles. The summed E-state index contributed by atoms with van der Waals surface area (Å²) in [6.45, 7) is 0.620. The van der Waals surface area contributed by atoms with Crippen molar-refractivity contribution >= 4 is 0 Å². The van der Waals surface area contributed by atoms with E-state index < -0.39 is 0 Å². The molecule has 0 atom stereocenters. The SMILES string of the molecule is COc1ccc(C#N)c(Oc2ccc(CCN)cc2)c1. The molecule has 0 aliphatic rings. The number of methoxy groups -OCH3 is 1. The van der Waals surface area contributed by atoms with Crippen molar-refractivity contribution in [1.29, 1.82) is 5.26 Å². The number of nitriles is 1. The minimum absolute atomic E-state index is 0.469. The summed E-state index contributed by atoms with van der Waals surface area (Å²) in [6.07, 6.45) is 0.836. The molecule has 0 fully saturated rings. The fourth-order valence-electron chi connectivity index (χ4n) is 1.82. The van der Waals surface area contributed by atoms with E-state index >= 15 is 0 Å². The monoisotopic (exact) mass is 268 g/mol. The molecule has 0 saturated heterocycles. The van der Waals surface area contributed by atoms with Crippen LogP contribution in [-0.2, 0) is 6.42 Å². The lowest BCUT2D eigenvalue weighted by atomic mass is 10.1. The molecule has 102 valence electrons. The van der Waals surface area contributed by atoms with Crippen LogP contribution in [0.3, 0.4) is 0 Å². The van der Waals surface area contributed by atoms with Crippen LogP contribution in [0.5, 0.6) is 17.2 Å². The maximum Gasteiger partial charge on any atom is 0.148 e. The van der Waals surface area contributed by atoms with Crippen molar-refractivity contribution in [1.82, 2.24) is 0 Å². The molecular formula is C16H16N2O2. The van der Waals surface area contributed by atoms with Crippen molar-refractivity contribution in [3.63, 3.8) is 0 Å². The van der Waals surface area contributed by atoms with Crippen LogP contribution < -0.4 is 15.2 Å². The van der Waals surface area contributed by atoms with Crippen molar-refractivity contribution in [3.8, 4) is 23.3 Å². The molecule has 20 heavy (non-hydrogen) atoms. The van der Waals surface area contributed by atoms with Crippen LogP contribution in [0.4, 0.5) is 0 Å². The maximum atomic E-state index is 9.09. The molecule has 0 saturated carbocycles. The van der Waals surface area contributed by atoms with Gasteiger partial charge in [0.1, 0.15) is 23.3 Å². The van der Waals surface area contributed by atoms with Crippen LogP contribution in [0.25, 0.3) is 0 Å². The fourth-order valence-corrected chi connectivity index (χ4v) is 1.82. The first-order valence-electron chi connectivity index (χ1n) is 6.32. The Balaban J connectivity index is 2.22. The summed E-state index contributed by atoms with van der Waals surface area (Å²) < 4.78 is 10.9. The quantitative estimate of drug-likeness (QED) is 0.905. The minimum atomic E-state index is 0.469. The van der Waals surface area contributed by atoms with E-state index in [9.17, 15) is 0 Å². The molecule has 2 rings (SSSR count). The van der Waals surface area contributed by atoms with Crippen LogP contribution in [0, 0.1) is 11.3 Å². The minimum Gasteiger partial charge on any atom is -0.497 e. The molecule has 2 aromatic rings. The summed E-state index contributed by atoms with van der Waals surface area (Å²) >= 11 is 0. The van der Waals surface area contributed by atoms with Gasteiger partial charge in [-0.2, -0.15) is 5.26 Å². The summed E-state index contributed by atoms with van der Waals surface area (Å²) in [5.74, 6) is 1.81. The van der Waals surface area contributed by atoms with Gasteiger partial charge in [0, 0.05) is 6.07 Å². The Bertz CT molecular complexity index is 615. The Kier molecular flexibility index (Phi) is 4.59. The van der Waals surface area contributed by atoms with Gasteiger partial charge in [-0.15, -0.1) is 0 Å². The maximum absolute atomic E-state index is 9.09. The predicted molar refractivity (Wildman–Crippen MR) is 77.0 cm³/mol. The second-order valence-corrected chi connectivity index (χ2v) is 4.26. The van der Waals surface area contributed by atoms with Gasteiger partial charge in [0.05, 0.1) is 12.7 Å². The molecule has 2 N–H and O–H groups in total. The fraction of sp³-hybridized carbons (Fsp3) is 0.188. The van der Waals surface area contributed by atoms with E-state index in [2.05, 4.69) is 6.07 Å². The molecule has 0 radical (unpaired) electrons. The molecule has 0 spiro atoms. The number of hydrogen-bond acceptors (Lipinski definition) is 4. The van der Waals surface area contributed by atoms with Crippen LogP contribution in [-0.4, -0.2) is 13.7 Å². The molecule has 0 amide bonds. The first-order chi connectivity index (χ1) is 9.76. The highest BCUT2D eigenvalue weighted by molar-refractivity contribution is 5.49. The van der Waals surface area contributed by atoms with Gasteiger partial charge in [0.2, 0.25) is 0 Å². The zero-order valence-corrected chi connectivity index (χ0v) is 11.3. The van der Waals surface area contributed by atoms with Crippen LogP contribution >= 0.6 is 0 Å². The Morgan fingerprint density at radius 1 is 1.10 bits per heavy atom. The highest BCUT2D eigenvalue weighted by Gasteiger charge is 2.06. The molecule has 0 aliphatic heterocycles. The van der Waals surface area contributed by atoms with Gasteiger partial charge in [0.25, 0.3) is 0 Å². The largest absolute Gasteiger partial charge is 0.497 e. The summed E-state index contributed by atoms with van der Waals surface area (Å²) in [4.78, 5) is 0. The van der Waals surface area contributed by atoms with Gasteiger partial charge < -0.3 is 15.2 Å². The number of benzene rings is 2. The number of rotatable bonds is 5. The van der Waals surface area contributed by atoms with Gasteiger partial charge in [-0.25, -0.2) is 0 Å². The zero-order valence-electron chi connectivity index (χ0n) is 11.3. The standard InChI is InChI=1S/C16H16N2O2/c1-19-15-7-4-13(11-18)16(10-15)20-14-5-2-12(3-6-14)8-9-17/h2-7,10H,8-9,17H2,1H3. The molecule has 4 heteroatoms. The molecule has 2 aromatic carbocycles. The van der Waals surface area contributed by atoms with Gasteiger partial charge in [-0.3, -0.25) is 0 Å². The summed E-state index contributed by atoms with van der Waals surface area (Å²) in [5, 5.41) is 9.09. The smallest absolute Gasteiger partial charge is 0.148 e. The van der Waals surface area contributed by atoms with Gasteiger partial charge in [-0.05, 0) is 42.8 Å². The lowest BCUT2D eigenvalue weighted by molar-refractivity contribution is 0.409. The summed E-state index contributed by atoms with van der Waals surface area (Å²) in [6, 6.07) is 14.9. The highest BCUT2D eigenvalue weighted by atomic mass is 16.5. The molecule has 0 unspecified atom stereocenters. The number of nitrogens with two attached hydrogens (primary N) is 1.